The number of carbonyl (C=O) groups is 1. The van der Waals surface area contributed by atoms with Crippen molar-refractivity contribution in [3.8, 4) is 0 Å². The van der Waals surface area contributed by atoms with Gasteiger partial charge in [0.1, 0.15) is 5.57 Å². The smallest absolute Gasteiger partial charge is 0.345 e. The maximum Gasteiger partial charge on any atom is 0.345 e. The molecule has 1 atom stereocenters. The Morgan fingerprint density at radius 1 is 1.64 bits per heavy atom. The number of allylic oxidation sites excluding steroid dienone is 1. The Morgan fingerprint density at radius 2 is 2.21 bits per heavy atom. The lowest BCUT2D eigenvalue weighted by Gasteiger charge is -2.34. The summed E-state index contributed by atoms with van der Waals surface area (Å²) in [5, 5.41) is 19.2. The van der Waals surface area contributed by atoms with Crippen molar-refractivity contribution in [1.29, 1.82) is 0 Å². The average Bonchev–Trinajstić information content (AvgIpc) is 1.99. The number of carbonyl (C=O) groups excluding carboxylic acids is 1. The lowest BCUT2D eigenvalue weighted by molar-refractivity contribution is -0.280. The number of aliphatic hydroxyl groups excluding tert-OH is 2. The van der Waals surface area contributed by atoms with Crippen LogP contribution in [-0.2, 0) is 14.3 Å². The van der Waals surface area contributed by atoms with Crippen LogP contribution in [0.15, 0.2) is 11.3 Å². The van der Waals surface area contributed by atoms with Crippen LogP contribution in [-0.4, -0.2) is 44.5 Å². The summed E-state index contributed by atoms with van der Waals surface area (Å²) in [4.78, 5) is 11.4. The number of esters is 1. The number of aliphatic hydroxyl groups is 2. The zero-order chi connectivity index (χ0) is 10.9. The van der Waals surface area contributed by atoms with Gasteiger partial charge in [0.25, 0.3) is 0 Å². The van der Waals surface area contributed by atoms with E-state index in [2.05, 4.69) is 0 Å². The van der Waals surface area contributed by atoms with Gasteiger partial charge in [0.2, 0.25) is 22.1 Å². The highest BCUT2D eigenvalue weighted by Crippen LogP contribution is 2.27. The summed E-state index contributed by atoms with van der Waals surface area (Å²) < 4.78 is 9.85. The third kappa shape index (κ3) is 2.28. The van der Waals surface area contributed by atoms with Crippen molar-refractivity contribution >= 4 is 22.3 Å². The van der Waals surface area contributed by atoms with E-state index in [1.54, 1.807) is 0 Å². The van der Waals surface area contributed by atoms with Gasteiger partial charge >= 0.3 is 5.97 Å². The summed E-state index contributed by atoms with van der Waals surface area (Å²) in [5.74, 6) is -2.02. The van der Waals surface area contributed by atoms with Gasteiger partial charge in [-0.25, -0.2) is 4.79 Å². The predicted molar refractivity (Wildman–Crippen MR) is 50.3 cm³/mol. The molecule has 1 saturated heterocycles. The molecule has 0 aromatic heterocycles. The fourth-order valence-electron chi connectivity index (χ4n) is 1.18. The molecule has 0 bridgehead atoms. The summed E-state index contributed by atoms with van der Waals surface area (Å²) in [6.07, 6.45) is -1.40. The normalized spacial score (nSPS) is 29.6. The maximum absolute atomic E-state index is 11.4. The third-order valence-electron chi connectivity index (χ3n) is 1.85. The minimum atomic E-state index is -1.40. The molecule has 6 heteroatoms. The minimum absolute atomic E-state index is 0.148. The highest BCUT2D eigenvalue weighted by atomic mass is 27.0. The molecule has 0 amide bonds. The molecule has 78 valence electrons. The Balaban J connectivity index is 2.98. The van der Waals surface area contributed by atoms with E-state index in [1.165, 1.54) is 13.8 Å². The molecule has 1 heterocycles. The molecule has 0 aliphatic carbocycles. The van der Waals surface area contributed by atoms with E-state index in [4.69, 9.17) is 9.47 Å². The Labute approximate surface area is 89.7 Å². The maximum atomic E-state index is 11.4. The molecule has 14 heavy (non-hydrogen) atoms. The van der Waals surface area contributed by atoms with Crippen LogP contribution >= 0.6 is 0 Å². The molecule has 0 saturated carbocycles. The molecular formula is C8H13AlO5. The summed E-state index contributed by atoms with van der Waals surface area (Å²) in [5.41, 5.74) is -0.181. The van der Waals surface area contributed by atoms with Gasteiger partial charge in [0, 0.05) is 13.8 Å². The van der Waals surface area contributed by atoms with Crippen molar-refractivity contribution in [1.82, 2.24) is 0 Å². The van der Waals surface area contributed by atoms with Crippen molar-refractivity contribution < 1.29 is 24.5 Å². The molecule has 0 spiro atoms. The largest absolute Gasteiger partial charge is 0.513 e. The standard InChI is InChI=1S/C8H11O5.Al.2H/c1-4(9)5-6(10)12-8(2,3)13-7(5)11;;;/h6,9-10H,1H2,2-3H3;;;/b5-4-;;;. The quantitative estimate of drug-likeness (QED) is 0.267. The number of rotatable bonds is 1. The Kier molecular flexibility index (Phi) is 3.22. The summed E-state index contributed by atoms with van der Waals surface area (Å²) in [6.45, 7) is 3.03. The van der Waals surface area contributed by atoms with Crippen LogP contribution in [0.25, 0.3) is 0 Å². The zero-order valence-corrected chi connectivity index (χ0v) is 10.4. The second-order valence-corrected chi connectivity index (χ2v) is 4.18. The molecule has 1 fully saturated rings. The van der Waals surface area contributed by atoms with Crippen molar-refractivity contribution in [3.05, 3.63) is 11.3 Å². The minimum Gasteiger partial charge on any atom is -0.513 e. The van der Waals surface area contributed by atoms with E-state index < -0.39 is 18.0 Å². The van der Waals surface area contributed by atoms with E-state index in [-0.39, 0.29) is 11.3 Å². The van der Waals surface area contributed by atoms with Gasteiger partial charge < -0.3 is 19.7 Å². The molecule has 1 rings (SSSR count). The number of ether oxygens (including phenoxy) is 2. The Hall–Kier alpha value is -0.538. The first-order valence-corrected chi connectivity index (χ1v) is 5.80. The zero-order valence-electron chi connectivity index (χ0n) is 8.40. The topological polar surface area (TPSA) is 76.0 Å². The van der Waals surface area contributed by atoms with Gasteiger partial charge in [-0.05, 0) is 5.28 Å². The van der Waals surface area contributed by atoms with Crippen LogP contribution in [0.2, 0.25) is 5.28 Å². The summed E-state index contributed by atoms with van der Waals surface area (Å²) in [6, 6.07) is 0. The highest BCUT2D eigenvalue weighted by Gasteiger charge is 2.39. The monoisotopic (exact) mass is 216 g/mol. The van der Waals surface area contributed by atoms with Crippen LogP contribution in [0.4, 0.5) is 0 Å². The number of hydrogen-bond acceptors (Lipinski definition) is 5. The molecule has 0 aromatic carbocycles. The van der Waals surface area contributed by atoms with Gasteiger partial charge in [0.05, 0.1) is 5.76 Å². The van der Waals surface area contributed by atoms with Crippen molar-refractivity contribution in [3.63, 3.8) is 0 Å². The lowest BCUT2D eigenvalue weighted by Crippen LogP contribution is -2.44. The highest BCUT2D eigenvalue weighted by molar-refractivity contribution is 6.10. The van der Waals surface area contributed by atoms with E-state index in [0.717, 1.165) is 0 Å². The van der Waals surface area contributed by atoms with Crippen LogP contribution in [0.3, 0.4) is 0 Å². The van der Waals surface area contributed by atoms with Crippen molar-refractivity contribution in [2.75, 3.05) is 0 Å². The van der Waals surface area contributed by atoms with E-state index in [1.807, 2.05) is 0 Å². The van der Waals surface area contributed by atoms with E-state index in [0.29, 0.717) is 21.6 Å². The van der Waals surface area contributed by atoms with Gasteiger partial charge in [-0.15, -0.1) is 0 Å². The average molecular weight is 216 g/mol. The first-order valence-electron chi connectivity index (χ1n) is 4.38. The van der Waals surface area contributed by atoms with E-state index in [9.17, 15) is 15.0 Å². The van der Waals surface area contributed by atoms with Crippen LogP contribution in [0.5, 0.6) is 0 Å². The SMILES string of the molecule is CC1(C)OC(=O)/C(=C(\O)[CH2][AlH2])C(O)O1. The first kappa shape index (κ1) is 11.5. The van der Waals surface area contributed by atoms with Gasteiger partial charge in [0.15, 0.2) is 6.29 Å². The Bertz CT molecular complexity index is 283. The fraction of sp³-hybridized carbons (Fsp3) is 0.625. The molecule has 1 aliphatic rings. The second kappa shape index (κ2) is 3.91. The molecule has 1 aliphatic heterocycles. The molecule has 2 N–H and O–H groups in total. The molecule has 5 nitrogen and oxygen atoms in total. The van der Waals surface area contributed by atoms with Crippen LogP contribution in [0.1, 0.15) is 13.8 Å². The first-order chi connectivity index (χ1) is 6.37. The van der Waals surface area contributed by atoms with Gasteiger partial charge in [-0.2, -0.15) is 0 Å². The second-order valence-electron chi connectivity index (χ2n) is 3.47. The number of hydrogen-bond donors (Lipinski definition) is 2. The van der Waals surface area contributed by atoms with Gasteiger partial charge in [-0.1, -0.05) is 0 Å². The van der Waals surface area contributed by atoms with E-state index >= 15 is 0 Å². The van der Waals surface area contributed by atoms with Crippen LogP contribution in [0, 0.1) is 0 Å². The third-order valence-corrected chi connectivity index (χ3v) is 2.52. The Morgan fingerprint density at radius 3 is 2.64 bits per heavy atom. The fourth-order valence-corrected chi connectivity index (χ4v) is 1.56. The van der Waals surface area contributed by atoms with Crippen molar-refractivity contribution in [2.24, 2.45) is 0 Å². The summed E-state index contributed by atoms with van der Waals surface area (Å²) >= 11 is 0.694. The lowest BCUT2D eigenvalue weighted by atomic mass is 10.2. The van der Waals surface area contributed by atoms with Crippen molar-refractivity contribution in [2.45, 2.75) is 31.2 Å². The van der Waals surface area contributed by atoms with Crippen LogP contribution < -0.4 is 0 Å². The molecule has 0 radical (unpaired) electrons. The summed E-state index contributed by atoms with van der Waals surface area (Å²) in [7, 11) is 0. The molecule has 0 aromatic rings. The predicted octanol–water partition coefficient (Wildman–Crippen LogP) is -0.522. The molecule has 1 unspecified atom stereocenters. The van der Waals surface area contributed by atoms with Gasteiger partial charge in [-0.3, -0.25) is 0 Å². The number of cyclic esters (lactones) is 1. The molecular weight excluding hydrogens is 203 g/mol.